The number of halogens is 4. The first-order chi connectivity index (χ1) is 11.8. The fraction of sp³-hybridized carbons (Fsp3) is 0.0625. The third kappa shape index (κ3) is 3.97. The summed E-state index contributed by atoms with van der Waals surface area (Å²) in [4.78, 5) is 11.5. The summed E-state index contributed by atoms with van der Waals surface area (Å²) < 4.78 is 39.4. The second-order valence-corrected chi connectivity index (χ2v) is 5.42. The lowest BCUT2D eigenvalue weighted by Crippen LogP contribution is -2.11. The molecule has 5 nitrogen and oxygen atoms in total. The maximum Gasteiger partial charge on any atom is 0.433 e. The fourth-order valence-electron chi connectivity index (χ4n) is 2.03. The lowest BCUT2D eigenvalue weighted by atomic mass is 10.2. The van der Waals surface area contributed by atoms with E-state index in [0.717, 1.165) is 6.07 Å². The van der Waals surface area contributed by atoms with Crippen LogP contribution in [0.5, 0.6) is 5.75 Å². The van der Waals surface area contributed by atoms with Gasteiger partial charge in [-0.15, -0.1) is 0 Å². The summed E-state index contributed by atoms with van der Waals surface area (Å²) in [6, 6.07) is 8.00. The van der Waals surface area contributed by atoms with Crippen molar-refractivity contribution < 1.29 is 18.3 Å². The van der Waals surface area contributed by atoms with Crippen LogP contribution in [0.15, 0.2) is 48.8 Å². The molecular formula is C16H10ClF3N4O. The third-order valence-electron chi connectivity index (χ3n) is 3.16. The van der Waals surface area contributed by atoms with Gasteiger partial charge in [0, 0.05) is 29.0 Å². The quantitative estimate of drug-likeness (QED) is 0.660. The van der Waals surface area contributed by atoms with Gasteiger partial charge in [-0.1, -0.05) is 11.6 Å². The number of pyridine rings is 1. The number of rotatable bonds is 3. The molecular weight excluding hydrogens is 357 g/mol. The highest BCUT2D eigenvalue weighted by Gasteiger charge is 2.34. The summed E-state index contributed by atoms with van der Waals surface area (Å²) in [5, 5.41) is 12.7. The van der Waals surface area contributed by atoms with E-state index in [0.29, 0.717) is 10.6 Å². The van der Waals surface area contributed by atoms with Crippen LogP contribution >= 0.6 is 11.6 Å². The van der Waals surface area contributed by atoms with E-state index in [4.69, 9.17) is 11.6 Å². The molecule has 0 bridgehead atoms. The van der Waals surface area contributed by atoms with E-state index < -0.39 is 11.9 Å². The molecule has 0 saturated carbocycles. The molecule has 0 amide bonds. The van der Waals surface area contributed by atoms with Crippen molar-refractivity contribution >= 4 is 23.1 Å². The summed E-state index contributed by atoms with van der Waals surface area (Å²) in [6.07, 6.45) is -1.82. The molecule has 25 heavy (non-hydrogen) atoms. The maximum absolute atomic E-state index is 13.1. The number of phenolic OH excluding ortho intramolecular Hbond substituents is 1. The van der Waals surface area contributed by atoms with Crippen molar-refractivity contribution in [3.63, 3.8) is 0 Å². The molecule has 0 aliphatic carbocycles. The van der Waals surface area contributed by atoms with E-state index in [2.05, 4.69) is 20.3 Å². The predicted molar refractivity (Wildman–Crippen MR) is 86.7 cm³/mol. The topological polar surface area (TPSA) is 70.9 Å². The van der Waals surface area contributed by atoms with Crippen LogP contribution in [0.25, 0.3) is 11.4 Å². The SMILES string of the molecule is Oc1ccc(Cl)cc1Nc1cc(C(F)(F)F)nc(-c2cccnc2)n1. The number of aromatic nitrogens is 3. The molecule has 0 unspecified atom stereocenters. The maximum atomic E-state index is 13.1. The molecule has 128 valence electrons. The molecule has 0 atom stereocenters. The number of nitrogens with zero attached hydrogens (tertiary/aromatic N) is 3. The molecule has 0 spiro atoms. The number of nitrogens with one attached hydrogen (secondary N) is 1. The molecule has 0 aliphatic heterocycles. The Bertz CT molecular complexity index is 904. The van der Waals surface area contributed by atoms with Gasteiger partial charge in [-0.05, 0) is 30.3 Å². The smallest absolute Gasteiger partial charge is 0.433 e. The first kappa shape index (κ1) is 17.0. The zero-order valence-corrected chi connectivity index (χ0v) is 13.2. The lowest BCUT2D eigenvalue weighted by Gasteiger charge is -2.13. The highest BCUT2D eigenvalue weighted by molar-refractivity contribution is 6.30. The van der Waals surface area contributed by atoms with E-state index in [1.54, 1.807) is 12.1 Å². The lowest BCUT2D eigenvalue weighted by molar-refractivity contribution is -0.141. The van der Waals surface area contributed by atoms with Crippen molar-refractivity contribution in [1.82, 2.24) is 15.0 Å². The van der Waals surface area contributed by atoms with Crippen LogP contribution in [-0.4, -0.2) is 20.1 Å². The van der Waals surface area contributed by atoms with Crippen LogP contribution in [0, 0.1) is 0 Å². The number of aromatic hydroxyl groups is 1. The summed E-state index contributed by atoms with van der Waals surface area (Å²) >= 11 is 5.84. The molecule has 9 heteroatoms. The summed E-state index contributed by atoms with van der Waals surface area (Å²) in [5.41, 5.74) is -0.672. The van der Waals surface area contributed by atoms with Gasteiger partial charge in [0.1, 0.15) is 11.6 Å². The van der Waals surface area contributed by atoms with Crippen LogP contribution in [0.2, 0.25) is 5.02 Å². The van der Waals surface area contributed by atoms with E-state index >= 15 is 0 Å². The standard InChI is InChI=1S/C16H10ClF3N4O/c17-10-3-4-12(25)11(6-10)22-14-7-13(16(18,19)20)23-15(24-14)9-2-1-5-21-8-9/h1-8,25H,(H,22,23,24). The van der Waals surface area contributed by atoms with Gasteiger partial charge in [-0.3, -0.25) is 4.98 Å². The van der Waals surface area contributed by atoms with Gasteiger partial charge in [0.05, 0.1) is 5.69 Å². The average Bonchev–Trinajstić information content (AvgIpc) is 2.58. The number of phenols is 1. The number of hydrogen-bond acceptors (Lipinski definition) is 5. The Morgan fingerprint density at radius 1 is 1.08 bits per heavy atom. The zero-order chi connectivity index (χ0) is 18.0. The molecule has 3 rings (SSSR count). The van der Waals surface area contributed by atoms with Crippen LogP contribution in [0.3, 0.4) is 0 Å². The number of anilines is 2. The van der Waals surface area contributed by atoms with E-state index in [1.807, 2.05) is 0 Å². The van der Waals surface area contributed by atoms with Gasteiger partial charge in [0.15, 0.2) is 11.5 Å². The van der Waals surface area contributed by atoms with Crippen LogP contribution in [0.4, 0.5) is 24.7 Å². The first-order valence-electron chi connectivity index (χ1n) is 6.95. The molecule has 3 aromatic rings. The molecule has 0 saturated heterocycles. The number of hydrogen-bond donors (Lipinski definition) is 2. The minimum absolute atomic E-state index is 0.122. The van der Waals surface area contributed by atoms with Crippen molar-refractivity contribution in [3.05, 3.63) is 59.5 Å². The van der Waals surface area contributed by atoms with Gasteiger partial charge >= 0.3 is 6.18 Å². The van der Waals surface area contributed by atoms with Crippen LogP contribution in [-0.2, 0) is 6.18 Å². The zero-order valence-electron chi connectivity index (χ0n) is 12.4. The molecule has 0 aliphatic rings. The van der Waals surface area contributed by atoms with Crippen molar-refractivity contribution in [3.8, 4) is 17.1 Å². The van der Waals surface area contributed by atoms with Crippen LogP contribution < -0.4 is 5.32 Å². The molecule has 0 fully saturated rings. The van der Waals surface area contributed by atoms with Gasteiger partial charge < -0.3 is 10.4 Å². The summed E-state index contributed by atoms with van der Waals surface area (Å²) in [5.74, 6) is -0.467. The highest BCUT2D eigenvalue weighted by Crippen LogP contribution is 2.33. The molecule has 2 N–H and O–H groups in total. The molecule has 2 aromatic heterocycles. The second kappa shape index (κ2) is 6.56. The summed E-state index contributed by atoms with van der Waals surface area (Å²) in [7, 11) is 0. The molecule has 2 heterocycles. The molecule has 1 aromatic carbocycles. The van der Waals surface area contributed by atoms with E-state index in [-0.39, 0.29) is 23.1 Å². The van der Waals surface area contributed by atoms with Crippen molar-refractivity contribution in [2.75, 3.05) is 5.32 Å². The van der Waals surface area contributed by atoms with Crippen LogP contribution in [0.1, 0.15) is 5.69 Å². The van der Waals surface area contributed by atoms with E-state index in [9.17, 15) is 18.3 Å². The molecule has 0 radical (unpaired) electrons. The predicted octanol–water partition coefficient (Wildman–Crippen LogP) is 4.66. The Kier molecular flexibility index (Phi) is 4.45. The second-order valence-electron chi connectivity index (χ2n) is 4.99. The Morgan fingerprint density at radius 2 is 1.88 bits per heavy atom. The minimum atomic E-state index is -4.66. The highest BCUT2D eigenvalue weighted by atomic mass is 35.5. The van der Waals surface area contributed by atoms with Crippen molar-refractivity contribution in [1.29, 1.82) is 0 Å². The summed E-state index contributed by atoms with van der Waals surface area (Å²) in [6.45, 7) is 0. The Morgan fingerprint density at radius 3 is 2.56 bits per heavy atom. The average molecular weight is 367 g/mol. The largest absolute Gasteiger partial charge is 0.506 e. The number of benzene rings is 1. The van der Waals surface area contributed by atoms with Crippen molar-refractivity contribution in [2.45, 2.75) is 6.18 Å². The normalized spacial score (nSPS) is 11.4. The Hall–Kier alpha value is -2.87. The Labute approximate surface area is 145 Å². The number of alkyl halides is 3. The van der Waals surface area contributed by atoms with Gasteiger partial charge in [0.2, 0.25) is 0 Å². The third-order valence-corrected chi connectivity index (χ3v) is 3.39. The minimum Gasteiger partial charge on any atom is -0.506 e. The Balaban J connectivity index is 2.08. The van der Waals surface area contributed by atoms with Gasteiger partial charge in [0.25, 0.3) is 0 Å². The first-order valence-corrected chi connectivity index (χ1v) is 7.33. The van der Waals surface area contributed by atoms with Crippen molar-refractivity contribution in [2.24, 2.45) is 0 Å². The van der Waals surface area contributed by atoms with Gasteiger partial charge in [-0.2, -0.15) is 13.2 Å². The van der Waals surface area contributed by atoms with Gasteiger partial charge in [-0.25, -0.2) is 9.97 Å². The van der Waals surface area contributed by atoms with E-state index in [1.165, 1.54) is 30.6 Å². The monoisotopic (exact) mass is 366 g/mol. The fourth-order valence-corrected chi connectivity index (χ4v) is 2.20.